The molecule has 0 aliphatic heterocycles. The Morgan fingerprint density at radius 2 is 1.73 bits per heavy atom. The standard InChI is InChI=1S/C17H18N2O3/c1-2-18(15-9-11-16(12-10-15)19(21)22)17(20)13-8-14-6-4-3-5-7-14/h3-7,9-12H,2,8,13H2,1H3. The molecule has 114 valence electrons. The van der Waals surface area contributed by atoms with E-state index in [0.717, 1.165) is 5.56 Å². The molecule has 0 N–H and O–H groups in total. The fourth-order valence-corrected chi connectivity index (χ4v) is 2.29. The molecule has 0 aliphatic rings. The summed E-state index contributed by atoms with van der Waals surface area (Å²) in [7, 11) is 0. The van der Waals surface area contributed by atoms with E-state index in [4.69, 9.17) is 0 Å². The van der Waals surface area contributed by atoms with E-state index in [9.17, 15) is 14.9 Å². The van der Waals surface area contributed by atoms with Crippen molar-refractivity contribution in [2.24, 2.45) is 0 Å². The van der Waals surface area contributed by atoms with Crippen LogP contribution in [0.3, 0.4) is 0 Å². The van der Waals surface area contributed by atoms with Crippen LogP contribution in [0.4, 0.5) is 11.4 Å². The van der Waals surface area contributed by atoms with Gasteiger partial charge in [-0.1, -0.05) is 30.3 Å². The number of carbonyl (C=O) groups excluding carboxylic acids is 1. The van der Waals surface area contributed by atoms with Crippen LogP contribution in [0.5, 0.6) is 0 Å². The van der Waals surface area contributed by atoms with Crippen LogP contribution in [-0.4, -0.2) is 17.4 Å². The minimum Gasteiger partial charge on any atom is -0.313 e. The topological polar surface area (TPSA) is 63.5 Å². The van der Waals surface area contributed by atoms with Crippen molar-refractivity contribution in [3.63, 3.8) is 0 Å². The van der Waals surface area contributed by atoms with Crippen molar-refractivity contribution in [3.05, 3.63) is 70.3 Å². The summed E-state index contributed by atoms with van der Waals surface area (Å²) in [6.45, 7) is 2.42. The molecule has 0 spiro atoms. The van der Waals surface area contributed by atoms with E-state index in [1.165, 1.54) is 12.1 Å². The van der Waals surface area contributed by atoms with Crippen molar-refractivity contribution >= 4 is 17.3 Å². The smallest absolute Gasteiger partial charge is 0.269 e. The molecule has 0 saturated heterocycles. The van der Waals surface area contributed by atoms with E-state index in [1.807, 2.05) is 37.3 Å². The maximum Gasteiger partial charge on any atom is 0.269 e. The van der Waals surface area contributed by atoms with Gasteiger partial charge in [0, 0.05) is 30.8 Å². The van der Waals surface area contributed by atoms with E-state index in [0.29, 0.717) is 25.1 Å². The molecule has 0 aromatic heterocycles. The molecular formula is C17H18N2O3. The zero-order valence-corrected chi connectivity index (χ0v) is 12.4. The summed E-state index contributed by atoms with van der Waals surface area (Å²) in [5.74, 6) is 0.0141. The number of rotatable bonds is 6. The fraction of sp³-hybridized carbons (Fsp3) is 0.235. The number of hydrogen-bond acceptors (Lipinski definition) is 3. The highest BCUT2D eigenvalue weighted by atomic mass is 16.6. The third-order valence-electron chi connectivity index (χ3n) is 3.46. The number of benzene rings is 2. The van der Waals surface area contributed by atoms with Gasteiger partial charge < -0.3 is 4.90 Å². The number of nitro benzene ring substituents is 1. The molecule has 0 aliphatic carbocycles. The van der Waals surface area contributed by atoms with E-state index < -0.39 is 4.92 Å². The highest BCUT2D eigenvalue weighted by molar-refractivity contribution is 5.93. The van der Waals surface area contributed by atoms with Crippen molar-refractivity contribution in [3.8, 4) is 0 Å². The van der Waals surface area contributed by atoms with E-state index in [2.05, 4.69) is 0 Å². The lowest BCUT2D eigenvalue weighted by atomic mass is 10.1. The first-order chi connectivity index (χ1) is 10.6. The Hall–Kier alpha value is -2.69. The average Bonchev–Trinajstić information content (AvgIpc) is 2.55. The summed E-state index contributed by atoms with van der Waals surface area (Å²) in [6, 6.07) is 15.9. The van der Waals surface area contributed by atoms with Crippen LogP contribution >= 0.6 is 0 Å². The zero-order chi connectivity index (χ0) is 15.9. The van der Waals surface area contributed by atoms with Gasteiger partial charge in [-0.05, 0) is 31.0 Å². The average molecular weight is 298 g/mol. The fourth-order valence-electron chi connectivity index (χ4n) is 2.29. The van der Waals surface area contributed by atoms with Gasteiger partial charge in [-0.25, -0.2) is 0 Å². The number of non-ortho nitro benzene ring substituents is 1. The number of nitro groups is 1. The molecule has 2 aromatic carbocycles. The first-order valence-electron chi connectivity index (χ1n) is 7.20. The number of aryl methyl sites for hydroxylation is 1. The number of nitrogens with zero attached hydrogens (tertiary/aromatic N) is 2. The van der Waals surface area contributed by atoms with Gasteiger partial charge in [0.05, 0.1) is 4.92 Å². The molecule has 5 nitrogen and oxygen atoms in total. The summed E-state index contributed by atoms with van der Waals surface area (Å²) in [5.41, 5.74) is 1.83. The van der Waals surface area contributed by atoms with Crippen LogP contribution in [0.25, 0.3) is 0 Å². The molecule has 0 atom stereocenters. The van der Waals surface area contributed by atoms with Crippen LogP contribution in [0.1, 0.15) is 18.9 Å². The lowest BCUT2D eigenvalue weighted by Crippen LogP contribution is -2.30. The van der Waals surface area contributed by atoms with Gasteiger partial charge >= 0.3 is 0 Å². The Bertz CT molecular complexity index is 639. The Morgan fingerprint density at radius 3 is 2.27 bits per heavy atom. The predicted molar refractivity (Wildman–Crippen MR) is 85.9 cm³/mol. The number of hydrogen-bond donors (Lipinski definition) is 0. The van der Waals surface area contributed by atoms with Crippen LogP contribution in [0.2, 0.25) is 0 Å². The van der Waals surface area contributed by atoms with Gasteiger partial charge in [0.15, 0.2) is 0 Å². The predicted octanol–water partition coefficient (Wildman–Crippen LogP) is 3.58. The van der Waals surface area contributed by atoms with Gasteiger partial charge in [0.25, 0.3) is 5.69 Å². The quantitative estimate of drug-likeness (QED) is 0.605. The summed E-state index contributed by atoms with van der Waals surface area (Å²) in [4.78, 5) is 24.2. The number of carbonyl (C=O) groups is 1. The normalized spacial score (nSPS) is 10.2. The van der Waals surface area contributed by atoms with Gasteiger partial charge in [0.1, 0.15) is 0 Å². The maximum atomic E-state index is 12.4. The Balaban J connectivity index is 2.03. The summed E-state index contributed by atoms with van der Waals surface area (Å²) in [5, 5.41) is 10.7. The van der Waals surface area contributed by atoms with Crippen molar-refractivity contribution in [1.29, 1.82) is 0 Å². The van der Waals surface area contributed by atoms with Gasteiger partial charge in [-0.3, -0.25) is 14.9 Å². The largest absolute Gasteiger partial charge is 0.313 e. The lowest BCUT2D eigenvalue weighted by molar-refractivity contribution is -0.384. The molecule has 0 bridgehead atoms. The number of anilines is 1. The van der Waals surface area contributed by atoms with Crippen molar-refractivity contribution in [2.75, 3.05) is 11.4 Å². The number of amides is 1. The molecule has 2 aromatic rings. The molecule has 22 heavy (non-hydrogen) atoms. The molecule has 0 radical (unpaired) electrons. The van der Waals surface area contributed by atoms with Gasteiger partial charge in [0.2, 0.25) is 5.91 Å². The second-order valence-electron chi connectivity index (χ2n) is 4.90. The molecule has 0 saturated carbocycles. The van der Waals surface area contributed by atoms with Crippen molar-refractivity contribution < 1.29 is 9.72 Å². The van der Waals surface area contributed by atoms with Gasteiger partial charge in [-0.2, -0.15) is 0 Å². The minimum absolute atomic E-state index is 0.0141. The second kappa shape index (κ2) is 7.36. The van der Waals surface area contributed by atoms with Crippen molar-refractivity contribution in [2.45, 2.75) is 19.8 Å². The van der Waals surface area contributed by atoms with E-state index >= 15 is 0 Å². The van der Waals surface area contributed by atoms with Crippen LogP contribution in [-0.2, 0) is 11.2 Å². The summed E-state index contributed by atoms with van der Waals surface area (Å²) in [6.07, 6.45) is 1.10. The highest BCUT2D eigenvalue weighted by Gasteiger charge is 2.15. The zero-order valence-electron chi connectivity index (χ0n) is 12.4. The first kappa shape index (κ1) is 15.7. The highest BCUT2D eigenvalue weighted by Crippen LogP contribution is 2.20. The van der Waals surface area contributed by atoms with Crippen LogP contribution < -0.4 is 4.90 Å². The maximum absolute atomic E-state index is 12.4. The third-order valence-corrected chi connectivity index (χ3v) is 3.46. The van der Waals surface area contributed by atoms with Crippen LogP contribution in [0, 0.1) is 10.1 Å². The summed E-state index contributed by atoms with van der Waals surface area (Å²) < 4.78 is 0. The monoisotopic (exact) mass is 298 g/mol. The molecule has 2 rings (SSSR count). The second-order valence-corrected chi connectivity index (χ2v) is 4.90. The van der Waals surface area contributed by atoms with Gasteiger partial charge in [-0.15, -0.1) is 0 Å². The Morgan fingerprint density at radius 1 is 1.09 bits per heavy atom. The first-order valence-corrected chi connectivity index (χ1v) is 7.20. The Labute approximate surface area is 129 Å². The lowest BCUT2D eigenvalue weighted by Gasteiger charge is -2.21. The molecule has 0 unspecified atom stereocenters. The van der Waals surface area contributed by atoms with Crippen molar-refractivity contribution in [1.82, 2.24) is 0 Å². The molecule has 5 heteroatoms. The minimum atomic E-state index is -0.447. The van der Waals surface area contributed by atoms with E-state index in [1.54, 1.807) is 17.0 Å². The van der Waals surface area contributed by atoms with Crippen LogP contribution in [0.15, 0.2) is 54.6 Å². The molecule has 1 amide bonds. The third kappa shape index (κ3) is 3.91. The molecular weight excluding hydrogens is 280 g/mol. The Kier molecular flexibility index (Phi) is 5.25. The summed E-state index contributed by atoms with van der Waals surface area (Å²) >= 11 is 0. The van der Waals surface area contributed by atoms with E-state index in [-0.39, 0.29) is 11.6 Å². The molecule has 0 heterocycles. The molecule has 0 fully saturated rings. The SMILES string of the molecule is CCN(C(=O)CCc1ccccc1)c1ccc([N+](=O)[O-])cc1.